The molecule has 0 bridgehead atoms. The largest absolute Gasteiger partial charge is 0.383 e. The SMILES string of the molecule is Nc1c(C=O)cnn1-c1cc(F)ccc1F. The molecule has 0 saturated carbocycles. The molecule has 2 aromatic rings. The summed E-state index contributed by atoms with van der Waals surface area (Å²) in [7, 11) is 0. The molecular formula is C10H7F2N3O. The Balaban J connectivity index is 2.62. The number of hydrogen-bond donors (Lipinski definition) is 1. The van der Waals surface area contributed by atoms with E-state index in [0.29, 0.717) is 6.29 Å². The minimum Gasteiger partial charge on any atom is -0.383 e. The third kappa shape index (κ3) is 1.54. The van der Waals surface area contributed by atoms with Crippen molar-refractivity contribution in [3.05, 3.63) is 41.6 Å². The molecule has 1 aromatic carbocycles. The van der Waals surface area contributed by atoms with E-state index in [4.69, 9.17) is 5.73 Å². The summed E-state index contributed by atoms with van der Waals surface area (Å²) in [4.78, 5) is 10.5. The number of rotatable bonds is 2. The van der Waals surface area contributed by atoms with Crippen LogP contribution < -0.4 is 5.73 Å². The lowest BCUT2D eigenvalue weighted by atomic mass is 10.3. The Morgan fingerprint density at radius 2 is 2.12 bits per heavy atom. The molecule has 82 valence electrons. The highest BCUT2D eigenvalue weighted by Crippen LogP contribution is 2.19. The first-order chi connectivity index (χ1) is 7.63. The van der Waals surface area contributed by atoms with Gasteiger partial charge in [0.25, 0.3) is 0 Å². The van der Waals surface area contributed by atoms with E-state index in [0.717, 1.165) is 22.9 Å². The standard InChI is InChI=1S/C10H7F2N3O/c11-7-1-2-8(12)9(3-7)15-10(13)6(5-16)4-14-15/h1-5H,13H2. The van der Waals surface area contributed by atoms with E-state index in [1.807, 2.05) is 0 Å². The number of carbonyl (C=O) groups excluding carboxylic acids is 1. The van der Waals surface area contributed by atoms with Gasteiger partial charge in [0.2, 0.25) is 0 Å². The smallest absolute Gasteiger partial charge is 0.155 e. The number of nitrogen functional groups attached to an aromatic ring is 1. The van der Waals surface area contributed by atoms with Crippen molar-refractivity contribution in [3.63, 3.8) is 0 Å². The maximum absolute atomic E-state index is 13.4. The van der Waals surface area contributed by atoms with Crippen molar-refractivity contribution in [3.8, 4) is 5.69 Å². The number of aldehydes is 1. The van der Waals surface area contributed by atoms with Crippen LogP contribution in [0.15, 0.2) is 24.4 Å². The van der Waals surface area contributed by atoms with E-state index < -0.39 is 11.6 Å². The number of nitrogens with zero attached hydrogens (tertiary/aromatic N) is 2. The summed E-state index contributed by atoms with van der Waals surface area (Å²) in [6.07, 6.45) is 1.68. The third-order valence-corrected chi connectivity index (χ3v) is 2.10. The molecule has 0 saturated heterocycles. The Morgan fingerprint density at radius 1 is 1.38 bits per heavy atom. The molecule has 0 aliphatic rings. The normalized spacial score (nSPS) is 10.4. The molecule has 0 radical (unpaired) electrons. The third-order valence-electron chi connectivity index (χ3n) is 2.10. The average Bonchev–Trinajstić information content (AvgIpc) is 2.63. The highest BCUT2D eigenvalue weighted by Gasteiger charge is 2.12. The van der Waals surface area contributed by atoms with Crippen LogP contribution in [-0.2, 0) is 0 Å². The van der Waals surface area contributed by atoms with Gasteiger partial charge in [-0.15, -0.1) is 0 Å². The number of nitrogens with two attached hydrogens (primary N) is 1. The predicted octanol–water partition coefficient (Wildman–Crippen LogP) is 1.55. The lowest BCUT2D eigenvalue weighted by Crippen LogP contribution is -2.05. The zero-order valence-electron chi connectivity index (χ0n) is 8.02. The molecule has 0 amide bonds. The number of carbonyl (C=O) groups is 1. The Morgan fingerprint density at radius 3 is 2.75 bits per heavy atom. The van der Waals surface area contributed by atoms with Crippen LogP contribution >= 0.6 is 0 Å². The lowest BCUT2D eigenvalue weighted by molar-refractivity contribution is 0.112. The van der Waals surface area contributed by atoms with Crippen molar-refractivity contribution in [2.24, 2.45) is 0 Å². The molecule has 0 atom stereocenters. The maximum Gasteiger partial charge on any atom is 0.155 e. The molecule has 0 spiro atoms. The van der Waals surface area contributed by atoms with Gasteiger partial charge < -0.3 is 5.73 Å². The second kappa shape index (κ2) is 3.73. The first-order valence-electron chi connectivity index (χ1n) is 4.37. The van der Waals surface area contributed by atoms with Crippen LogP contribution in [0.4, 0.5) is 14.6 Å². The highest BCUT2D eigenvalue weighted by atomic mass is 19.1. The van der Waals surface area contributed by atoms with Crippen LogP contribution in [-0.4, -0.2) is 16.1 Å². The molecule has 0 aliphatic heterocycles. The first-order valence-corrected chi connectivity index (χ1v) is 4.37. The second-order valence-electron chi connectivity index (χ2n) is 3.11. The van der Waals surface area contributed by atoms with Crippen molar-refractivity contribution < 1.29 is 13.6 Å². The molecule has 0 unspecified atom stereocenters. The zero-order chi connectivity index (χ0) is 11.7. The summed E-state index contributed by atoms with van der Waals surface area (Å²) < 4.78 is 27.3. The number of anilines is 1. The Hall–Kier alpha value is -2.24. The van der Waals surface area contributed by atoms with Crippen LogP contribution in [0.5, 0.6) is 0 Å². The molecule has 4 nitrogen and oxygen atoms in total. The van der Waals surface area contributed by atoms with Gasteiger partial charge in [-0.05, 0) is 12.1 Å². The van der Waals surface area contributed by atoms with E-state index in [1.54, 1.807) is 0 Å². The van der Waals surface area contributed by atoms with Gasteiger partial charge in [-0.25, -0.2) is 13.5 Å². The zero-order valence-corrected chi connectivity index (χ0v) is 8.02. The van der Waals surface area contributed by atoms with Crippen molar-refractivity contribution in [2.45, 2.75) is 0 Å². The Labute approximate surface area is 89.3 Å². The van der Waals surface area contributed by atoms with Gasteiger partial charge in [-0.2, -0.15) is 5.10 Å². The number of benzene rings is 1. The van der Waals surface area contributed by atoms with Crippen molar-refractivity contribution in [2.75, 3.05) is 5.73 Å². The summed E-state index contributed by atoms with van der Waals surface area (Å²) in [5, 5.41) is 3.71. The first kappa shape index (κ1) is 10.3. The van der Waals surface area contributed by atoms with E-state index in [1.165, 1.54) is 6.20 Å². The van der Waals surface area contributed by atoms with Crippen LogP contribution in [0.1, 0.15) is 10.4 Å². The van der Waals surface area contributed by atoms with E-state index in [9.17, 15) is 13.6 Å². The minimum atomic E-state index is -0.673. The van der Waals surface area contributed by atoms with E-state index in [-0.39, 0.29) is 17.1 Å². The predicted molar refractivity (Wildman–Crippen MR) is 53.3 cm³/mol. The van der Waals surface area contributed by atoms with Crippen molar-refractivity contribution in [1.29, 1.82) is 0 Å². The average molecular weight is 223 g/mol. The van der Waals surface area contributed by atoms with Crippen LogP contribution in [0.25, 0.3) is 5.69 Å². The molecule has 16 heavy (non-hydrogen) atoms. The van der Waals surface area contributed by atoms with Gasteiger partial charge in [0.1, 0.15) is 23.1 Å². The van der Waals surface area contributed by atoms with E-state index >= 15 is 0 Å². The fourth-order valence-electron chi connectivity index (χ4n) is 1.30. The number of hydrogen-bond acceptors (Lipinski definition) is 3. The molecule has 2 N–H and O–H groups in total. The molecule has 1 heterocycles. The summed E-state index contributed by atoms with van der Waals surface area (Å²) in [5.41, 5.74) is 5.54. The van der Waals surface area contributed by atoms with Crippen molar-refractivity contribution >= 4 is 12.1 Å². The van der Waals surface area contributed by atoms with Crippen molar-refractivity contribution in [1.82, 2.24) is 9.78 Å². The van der Waals surface area contributed by atoms with Gasteiger partial charge in [-0.1, -0.05) is 0 Å². The van der Waals surface area contributed by atoms with Gasteiger partial charge in [0.15, 0.2) is 6.29 Å². The molecule has 2 rings (SSSR count). The van der Waals surface area contributed by atoms with Gasteiger partial charge in [0, 0.05) is 6.07 Å². The van der Waals surface area contributed by atoms with Gasteiger partial charge >= 0.3 is 0 Å². The minimum absolute atomic E-state index is 0.0282. The molecule has 1 aromatic heterocycles. The number of aromatic nitrogens is 2. The Kier molecular flexibility index (Phi) is 2.40. The summed E-state index contributed by atoms with van der Waals surface area (Å²) in [6, 6.07) is 2.90. The second-order valence-corrected chi connectivity index (χ2v) is 3.11. The van der Waals surface area contributed by atoms with Gasteiger partial charge in [0.05, 0.1) is 11.8 Å². The summed E-state index contributed by atoms with van der Waals surface area (Å²) >= 11 is 0. The van der Waals surface area contributed by atoms with Crippen LogP contribution in [0.3, 0.4) is 0 Å². The van der Waals surface area contributed by atoms with Gasteiger partial charge in [-0.3, -0.25) is 4.79 Å². The quantitative estimate of drug-likeness (QED) is 0.785. The monoisotopic (exact) mass is 223 g/mol. The fraction of sp³-hybridized carbons (Fsp3) is 0. The molecule has 6 heteroatoms. The highest BCUT2D eigenvalue weighted by molar-refractivity contribution is 5.81. The lowest BCUT2D eigenvalue weighted by Gasteiger charge is -2.05. The maximum atomic E-state index is 13.4. The van der Waals surface area contributed by atoms with Crippen LogP contribution in [0.2, 0.25) is 0 Å². The van der Waals surface area contributed by atoms with Crippen LogP contribution in [0, 0.1) is 11.6 Å². The number of halogens is 2. The van der Waals surface area contributed by atoms with E-state index in [2.05, 4.69) is 5.10 Å². The fourth-order valence-corrected chi connectivity index (χ4v) is 1.30. The molecule has 0 aliphatic carbocycles. The topological polar surface area (TPSA) is 60.9 Å². The summed E-state index contributed by atoms with van der Waals surface area (Å²) in [6.45, 7) is 0. The molecule has 0 fully saturated rings. The molecular weight excluding hydrogens is 216 g/mol. The Bertz CT molecular complexity index is 551. The summed E-state index contributed by atoms with van der Waals surface area (Å²) in [5.74, 6) is -1.31.